The number of hydrogen-bond acceptors (Lipinski definition) is 5. The van der Waals surface area contributed by atoms with Gasteiger partial charge in [-0.3, -0.25) is 4.79 Å². The summed E-state index contributed by atoms with van der Waals surface area (Å²) in [7, 11) is -2.18. The molecular weight excluding hydrogens is 510 g/mol. The predicted molar refractivity (Wildman–Crippen MR) is 153 cm³/mol. The maximum atomic E-state index is 12.8. The van der Waals surface area contributed by atoms with E-state index in [2.05, 4.69) is 47.2 Å². The molecule has 3 aromatic carbocycles. The maximum absolute atomic E-state index is 12.8. The summed E-state index contributed by atoms with van der Waals surface area (Å²) in [5.74, 6) is 0.0915. The Bertz CT molecular complexity index is 1310. The van der Waals surface area contributed by atoms with Crippen molar-refractivity contribution in [2.24, 2.45) is 11.8 Å². The maximum Gasteiger partial charge on any atom is 0.305 e. The van der Waals surface area contributed by atoms with Crippen molar-refractivity contribution in [3.63, 3.8) is 0 Å². The third-order valence-corrected chi connectivity index (χ3v) is 8.78. The molecule has 1 saturated carbocycles. The third-order valence-electron chi connectivity index (χ3n) is 7.34. The van der Waals surface area contributed by atoms with Gasteiger partial charge in [0.25, 0.3) is 0 Å². The second-order valence-electron chi connectivity index (χ2n) is 9.90. The zero-order valence-corrected chi connectivity index (χ0v) is 23.2. The lowest BCUT2D eigenvalue weighted by Gasteiger charge is -2.24. The fourth-order valence-electron chi connectivity index (χ4n) is 5.12. The summed E-state index contributed by atoms with van der Waals surface area (Å²) in [6.45, 7) is 0.869. The summed E-state index contributed by atoms with van der Waals surface area (Å²) >= 11 is 0. The van der Waals surface area contributed by atoms with Crippen molar-refractivity contribution in [2.45, 2.75) is 49.7 Å². The molecule has 3 atom stereocenters. The third kappa shape index (κ3) is 8.36. The number of methoxy groups -OCH3 is 1. The number of esters is 1. The van der Waals surface area contributed by atoms with Gasteiger partial charge in [0.2, 0.25) is 10.0 Å². The molecule has 1 aliphatic rings. The Balaban J connectivity index is 1.38. The molecular formula is C32H37NO5S. The van der Waals surface area contributed by atoms with Gasteiger partial charge in [0.1, 0.15) is 0 Å². The van der Waals surface area contributed by atoms with Crippen LogP contribution in [-0.4, -0.2) is 34.1 Å². The van der Waals surface area contributed by atoms with Crippen LogP contribution in [0.1, 0.15) is 37.7 Å². The molecule has 39 heavy (non-hydrogen) atoms. The molecule has 0 aliphatic heterocycles. The molecule has 6 nitrogen and oxygen atoms in total. The second-order valence-corrected chi connectivity index (χ2v) is 11.7. The Morgan fingerprint density at radius 3 is 2.26 bits per heavy atom. The Hall–Kier alpha value is -3.26. The molecule has 0 radical (unpaired) electrons. The van der Waals surface area contributed by atoms with Crippen LogP contribution in [0.3, 0.4) is 0 Å². The van der Waals surface area contributed by atoms with E-state index in [0.29, 0.717) is 26.0 Å². The van der Waals surface area contributed by atoms with E-state index in [-0.39, 0.29) is 28.8 Å². The van der Waals surface area contributed by atoms with Crippen molar-refractivity contribution in [1.29, 1.82) is 0 Å². The standard InChI is InChI=1S/C32H37NO5S/c1-37-32(34)16-10-4-9-15-30-28(23-33-39(35,36)29-13-7-3-8-14-29)21-22-31(30)38-24-25-17-19-27(20-18-25)26-11-5-2-6-12-26/h2-9,11-14,17-20,28,30-31,33H,10,15-16,21-24H2,1H3/b9-4-/t28-,30-,31+/m1/s1. The number of allylic oxidation sites excluding steroid dienone is 2. The minimum Gasteiger partial charge on any atom is -0.469 e. The minimum atomic E-state index is -3.57. The summed E-state index contributed by atoms with van der Waals surface area (Å²) in [6, 6.07) is 27.2. The lowest BCUT2D eigenvalue weighted by molar-refractivity contribution is -0.140. The number of carbonyl (C=O) groups excluding carboxylic acids is 1. The number of carbonyl (C=O) groups is 1. The molecule has 3 aromatic rings. The molecule has 0 bridgehead atoms. The van der Waals surface area contributed by atoms with Gasteiger partial charge in [-0.1, -0.05) is 84.9 Å². The Morgan fingerprint density at radius 1 is 0.897 bits per heavy atom. The quantitative estimate of drug-likeness (QED) is 0.205. The van der Waals surface area contributed by atoms with E-state index in [1.54, 1.807) is 30.3 Å². The van der Waals surface area contributed by atoms with Gasteiger partial charge in [0.05, 0.1) is 24.7 Å². The Labute approximate surface area is 232 Å². The molecule has 1 fully saturated rings. The number of sulfonamides is 1. The van der Waals surface area contributed by atoms with Gasteiger partial charge in [0.15, 0.2) is 0 Å². The van der Waals surface area contributed by atoms with Crippen molar-refractivity contribution in [3.05, 3.63) is 103 Å². The highest BCUT2D eigenvalue weighted by Gasteiger charge is 2.36. The molecule has 0 spiro atoms. The normalized spacial score (nSPS) is 19.4. The van der Waals surface area contributed by atoms with Crippen LogP contribution in [0.25, 0.3) is 11.1 Å². The lowest BCUT2D eigenvalue weighted by Crippen LogP contribution is -2.33. The van der Waals surface area contributed by atoms with Crippen LogP contribution in [0.4, 0.5) is 0 Å². The first-order chi connectivity index (χ1) is 19.0. The molecule has 1 N–H and O–H groups in total. The minimum absolute atomic E-state index is 0.0234. The first-order valence-corrected chi connectivity index (χ1v) is 15.0. The summed E-state index contributed by atoms with van der Waals surface area (Å²) in [4.78, 5) is 11.7. The van der Waals surface area contributed by atoms with Crippen LogP contribution in [0, 0.1) is 11.8 Å². The van der Waals surface area contributed by atoms with Gasteiger partial charge in [-0.2, -0.15) is 0 Å². The van der Waals surface area contributed by atoms with Gasteiger partial charge < -0.3 is 9.47 Å². The van der Waals surface area contributed by atoms with E-state index in [1.807, 2.05) is 24.3 Å². The molecule has 0 amide bonds. The summed E-state index contributed by atoms with van der Waals surface area (Å²) in [5, 5.41) is 0. The highest BCUT2D eigenvalue weighted by Crippen LogP contribution is 2.37. The van der Waals surface area contributed by atoms with Crippen molar-refractivity contribution in [1.82, 2.24) is 4.72 Å². The van der Waals surface area contributed by atoms with Gasteiger partial charge in [0, 0.05) is 13.0 Å². The van der Waals surface area contributed by atoms with E-state index >= 15 is 0 Å². The van der Waals surface area contributed by atoms with E-state index in [4.69, 9.17) is 9.47 Å². The van der Waals surface area contributed by atoms with Crippen LogP contribution in [-0.2, 0) is 30.9 Å². The van der Waals surface area contributed by atoms with E-state index in [1.165, 1.54) is 18.2 Å². The number of nitrogens with one attached hydrogen (secondary N) is 1. The van der Waals surface area contributed by atoms with Crippen LogP contribution >= 0.6 is 0 Å². The fraction of sp³-hybridized carbons (Fsp3) is 0.344. The lowest BCUT2D eigenvalue weighted by atomic mass is 9.91. The van der Waals surface area contributed by atoms with Crippen LogP contribution in [0.2, 0.25) is 0 Å². The first kappa shape index (κ1) is 28.7. The van der Waals surface area contributed by atoms with Crippen LogP contribution in [0.15, 0.2) is 102 Å². The molecule has 0 saturated heterocycles. The summed E-state index contributed by atoms with van der Waals surface area (Å²) < 4.78 is 39.6. The van der Waals surface area contributed by atoms with Crippen molar-refractivity contribution < 1.29 is 22.7 Å². The molecule has 0 aromatic heterocycles. The number of benzene rings is 3. The molecule has 4 rings (SSSR count). The predicted octanol–water partition coefficient (Wildman–Crippen LogP) is 6.14. The topological polar surface area (TPSA) is 81.7 Å². The molecule has 0 unspecified atom stereocenters. The molecule has 206 valence electrons. The van der Waals surface area contributed by atoms with Gasteiger partial charge in [-0.25, -0.2) is 13.1 Å². The van der Waals surface area contributed by atoms with Crippen molar-refractivity contribution >= 4 is 16.0 Å². The zero-order valence-electron chi connectivity index (χ0n) is 22.4. The SMILES string of the molecule is COC(=O)CC/C=C\C[C@@H]1[C@@H](CNS(=O)(=O)c2ccccc2)CC[C@@H]1OCc1ccc(-c2ccccc2)cc1. The zero-order chi connectivity index (χ0) is 27.5. The number of hydrogen-bond donors (Lipinski definition) is 1. The average molecular weight is 548 g/mol. The Morgan fingerprint density at radius 2 is 1.56 bits per heavy atom. The van der Waals surface area contributed by atoms with E-state index < -0.39 is 10.0 Å². The smallest absolute Gasteiger partial charge is 0.305 e. The Kier molecular flexibility index (Phi) is 10.5. The monoisotopic (exact) mass is 547 g/mol. The number of ether oxygens (including phenoxy) is 2. The molecule has 1 aliphatic carbocycles. The van der Waals surface area contributed by atoms with E-state index in [9.17, 15) is 13.2 Å². The average Bonchev–Trinajstić information content (AvgIpc) is 3.37. The number of rotatable bonds is 13. The van der Waals surface area contributed by atoms with Crippen LogP contribution in [0.5, 0.6) is 0 Å². The van der Waals surface area contributed by atoms with E-state index in [0.717, 1.165) is 24.8 Å². The molecule has 0 heterocycles. The van der Waals surface area contributed by atoms with Crippen molar-refractivity contribution in [2.75, 3.05) is 13.7 Å². The summed E-state index contributed by atoms with van der Waals surface area (Å²) in [5.41, 5.74) is 3.46. The second kappa shape index (κ2) is 14.2. The fourth-order valence-corrected chi connectivity index (χ4v) is 6.23. The molecule has 7 heteroatoms. The summed E-state index contributed by atoms with van der Waals surface area (Å²) in [6.07, 6.45) is 7.59. The largest absolute Gasteiger partial charge is 0.469 e. The highest BCUT2D eigenvalue weighted by molar-refractivity contribution is 7.89. The van der Waals surface area contributed by atoms with Gasteiger partial charge in [-0.05, 0) is 66.3 Å². The first-order valence-electron chi connectivity index (χ1n) is 13.5. The van der Waals surface area contributed by atoms with Gasteiger partial charge in [-0.15, -0.1) is 0 Å². The van der Waals surface area contributed by atoms with Crippen LogP contribution < -0.4 is 4.72 Å². The van der Waals surface area contributed by atoms with Crippen molar-refractivity contribution in [3.8, 4) is 11.1 Å². The van der Waals surface area contributed by atoms with Gasteiger partial charge >= 0.3 is 5.97 Å². The highest BCUT2D eigenvalue weighted by atomic mass is 32.2.